The number of hydrogen-bond acceptors (Lipinski definition) is 4. The van der Waals surface area contributed by atoms with Gasteiger partial charge in [0.2, 0.25) is 5.91 Å². The average molecular weight is 264 g/mol. The van der Waals surface area contributed by atoms with E-state index in [9.17, 15) is 9.90 Å². The lowest BCUT2D eigenvalue weighted by atomic mass is 10.2. The van der Waals surface area contributed by atoms with E-state index < -0.39 is 0 Å². The van der Waals surface area contributed by atoms with Gasteiger partial charge < -0.3 is 20.5 Å². The van der Waals surface area contributed by atoms with Crippen molar-refractivity contribution in [3.63, 3.8) is 0 Å². The van der Waals surface area contributed by atoms with E-state index in [1.807, 2.05) is 12.1 Å². The molecular weight excluding hydrogens is 244 g/mol. The van der Waals surface area contributed by atoms with Crippen molar-refractivity contribution in [2.24, 2.45) is 0 Å². The second kappa shape index (κ2) is 6.43. The van der Waals surface area contributed by atoms with Crippen LogP contribution >= 0.6 is 0 Å². The molecule has 2 rings (SSSR count). The first-order valence-electron chi connectivity index (χ1n) is 6.59. The molecule has 0 aromatic heterocycles. The SMILES string of the molecule is Nc1cccc(OCCC(=O)N2CCC[C@H]2CO)c1. The second-order valence-electron chi connectivity index (χ2n) is 4.74. The predicted molar refractivity (Wildman–Crippen MR) is 72.8 cm³/mol. The van der Waals surface area contributed by atoms with Crippen LogP contribution in [0.5, 0.6) is 5.75 Å². The molecule has 1 heterocycles. The van der Waals surface area contributed by atoms with Crippen molar-refractivity contribution in [2.45, 2.75) is 25.3 Å². The van der Waals surface area contributed by atoms with E-state index in [0.717, 1.165) is 19.4 Å². The van der Waals surface area contributed by atoms with Gasteiger partial charge in [-0.1, -0.05) is 6.07 Å². The predicted octanol–water partition coefficient (Wildman–Crippen LogP) is 1.02. The first-order chi connectivity index (χ1) is 9.20. The van der Waals surface area contributed by atoms with Crippen LogP contribution in [-0.4, -0.2) is 41.7 Å². The van der Waals surface area contributed by atoms with Crippen LogP contribution in [0.2, 0.25) is 0 Å². The number of nitrogens with two attached hydrogens (primary N) is 1. The molecule has 0 spiro atoms. The number of carbonyl (C=O) groups excluding carboxylic acids is 1. The number of amides is 1. The maximum absolute atomic E-state index is 12.0. The number of rotatable bonds is 5. The summed E-state index contributed by atoms with van der Waals surface area (Å²) in [5.41, 5.74) is 6.29. The number of aliphatic hydroxyl groups excluding tert-OH is 1. The highest BCUT2D eigenvalue weighted by Gasteiger charge is 2.27. The number of nitrogens with zero attached hydrogens (tertiary/aromatic N) is 1. The van der Waals surface area contributed by atoms with E-state index in [1.54, 1.807) is 17.0 Å². The quantitative estimate of drug-likeness (QED) is 0.779. The number of ether oxygens (including phenoxy) is 1. The number of aliphatic hydroxyl groups is 1. The molecule has 0 saturated carbocycles. The monoisotopic (exact) mass is 264 g/mol. The molecule has 19 heavy (non-hydrogen) atoms. The zero-order valence-electron chi connectivity index (χ0n) is 10.9. The molecule has 5 heteroatoms. The van der Waals surface area contributed by atoms with Gasteiger partial charge in [-0.15, -0.1) is 0 Å². The van der Waals surface area contributed by atoms with Gasteiger partial charge in [-0.05, 0) is 25.0 Å². The third-order valence-corrected chi connectivity index (χ3v) is 3.35. The lowest BCUT2D eigenvalue weighted by Crippen LogP contribution is -2.38. The number of likely N-dealkylation sites (tertiary alicyclic amines) is 1. The minimum atomic E-state index is -0.0140. The summed E-state index contributed by atoms with van der Waals surface area (Å²) in [5, 5.41) is 9.18. The summed E-state index contributed by atoms with van der Waals surface area (Å²) >= 11 is 0. The molecule has 1 aromatic carbocycles. The van der Waals surface area contributed by atoms with Crippen molar-refractivity contribution in [1.82, 2.24) is 4.90 Å². The summed E-state index contributed by atoms with van der Waals surface area (Å²) in [4.78, 5) is 13.7. The van der Waals surface area contributed by atoms with Gasteiger partial charge in [0.1, 0.15) is 5.75 Å². The Balaban J connectivity index is 1.78. The lowest BCUT2D eigenvalue weighted by Gasteiger charge is -2.23. The third kappa shape index (κ3) is 3.61. The third-order valence-electron chi connectivity index (χ3n) is 3.35. The molecule has 1 fully saturated rings. The van der Waals surface area contributed by atoms with Gasteiger partial charge in [0.15, 0.2) is 0 Å². The lowest BCUT2D eigenvalue weighted by molar-refractivity contribution is -0.133. The van der Waals surface area contributed by atoms with E-state index in [2.05, 4.69) is 0 Å². The highest BCUT2D eigenvalue weighted by molar-refractivity contribution is 5.77. The Labute approximate surface area is 113 Å². The zero-order valence-corrected chi connectivity index (χ0v) is 10.9. The Morgan fingerprint density at radius 3 is 3.11 bits per heavy atom. The maximum atomic E-state index is 12.0. The Morgan fingerprint density at radius 2 is 2.37 bits per heavy atom. The van der Waals surface area contributed by atoms with E-state index in [1.165, 1.54) is 0 Å². The normalized spacial score (nSPS) is 18.6. The van der Waals surface area contributed by atoms with Crippen molar-refractivity contribution in [3.8, 4) is 5.75 Å². The van der Waals surface area contributed by atoms with Gasteiger partial charge in [0.25, 0.3) is 0 Å². The number of hydrogen-bond donors (Lipinski definition) is 2. The maximum Gasteiger partial charge on any atom is 0.226 e. The van der Waals surface area contributed by atoms with E-state index in [0.29, 0.717) is 24.5 Å². The van der Waals surface area contributed by atoms with Crippen LogP contribution in [-0.2, 0) is 4.79 Å². The molecule has 0 aliphatic carbocycles. The van der Waals surface area contributed by atoms with Crippen molar-refractivity contribution >= 4 is 11.6 Å². The molecule has 104 valence electrons. The summed E-state index contributed by atoms with van der Waals surface area (Å²) < 4.78 is 5.50. The highest BCUT2D eigenvalue weighted by atomic mass is 16.5. The van der Waals surface area contributed by atoms with Crippen molar-refractivity contribution < 1.29 is 14.6 Å². The van der Waals surface area contributed by atoms with Gasteiger partial charge in [-0.25, -0.2) is 0 Å². The molecule has 1 aromatic rings. The smallest absolute Gasteiger partial charge is 0.226 e. The largest absolute Gasteiger partial charge is 0.493 e. The van der Waals surface area contributed by atoms with Gasteiger partial charge in [-0.3, -0.25) is 4.79 Å². The van der Waals surface area contributed by atoms with Gasteiger partial charge in [-0.2, -0.15) is 0 Å². The fraction of sp³-hybridized carbons (Fsp3) is 0.500. The van der Waals surface area contributed by atoms with Crippen LogP contribution in [0.3, 0.4) is 0 Å². The van der Waals surface area contributed by atoms with E-state index in [-0.39, 0.29) is 18.6 Å². The minimum Gasteiger partial charge on any atom is -0.493 e. The first-order valence-corrected chi connectivity index (χ1v) is 6.59. The second-order valence-corrected chi connectivity index (χ2v) is 4.74. The van der Waals surface area contributed by atoms with Crippen LogP contribution in [0, 0.1) is 0 Å². The van der Waals surface area contributed by atoms with Crippen LogP contribution in [0.15, 0.2) is 24.3 Å². The standard InChI is InChI=1S/C14H20N2O3/c15-11-3-1-5-13(9-11)19-8-6-14(18)16-7-2-4-12(16)10-17/h1,3,5,9,12,17H,2,4,6-8,10,15H2/t12-/m0/s1. The minimum absolute atomic E-state index is 0.0140. The van der Waals surface area contributed by atoms with Crippen molar-refractivity contribution in [3.05, 3.63) is 24.3 Å². The Bertz CT molecular complexity index is 436. The zero-order chi connectivity index (χ0) is 13.7. The highest BCUT2D eigenvalue weighted by Crippen LogP contribution is 2.18. The molecule has 1 saturated heterocycles. The summed E-state index contributed by atoms with van der Waals surface area (Å²) in [6.07, 6.45) is 2.18. The van der Waals surface area contributed by atoms with Gasteiger partial charge in [0.05, 0.1) is 25.7 Å². The van der Waals surface area contributed by atoms with Crippen LogP contribution in [0.1, 0.15) is 19.3 Å². The summed E-state index contributed by atoms with van der Waals surface area (Å²) in [6, 6.07) is 7.13. The van der Waals surface area contributed by atoms with E-state index in [4.69, 9.17) is 10.5 Å². The molecular formula is C14H20N2O3. The number of anilines is 1. The number of nitrogen functional groups attached to an aromatic ring is 1. The summed E-state index contributed by atoms with van der Waals surface area (Å²) in [5.74, 6) is 0.716. The molecule has 1 atom stereocenters. The molecule has 5 nitrogen and oxygen atoms in total. The summed E-state index contributed by atoms with van der Waals surface area (Å²) in [7, 11) is 0. The molecule has 0 bridgehead atoms. The molecule has 1 amide bonds. The Morgan fingerprint density at radius 1 is 1.53 bits per heavy atom. The molecule has 1 aliphatic rings. The first kappa shape index (κ1) is 13.7. The topological polar surface area (TPSA) is 75.8 Å². The number of benzene rings is 1. The van der Waals surface area contributed by atoms with Gasteiger partial charge in [0, 0.05) is 18.3 Å². The Kier molecular flexibility index (Phi) is 4.63. The fourth-order valence-electron chi connectivity index (χ4n) is 2.36. The van der Waals surface area contributed by atoms with Crippen LogP contribution < -0.4 is 10.5 Å². The number of carbonyl (C=O) groups is 1. The van der Waals surface area contributed by atoms with Gasteiger partial charge >= 0.3 is 0 Å². The summed E-state index contributed by atoms with van der Waals surface area (Å²) in [6.45, 7) is 1.11. The molecule has 1 aliphatic heterocycles. The Hall–Kier alpha value is -1.75. The van der Waals surface area contributed by atoms with Crippen LogP contribution in [0.25, 0.3) is 0 Å². The molecule has 3 N–H and O–H groups in total. The van der Waals surface area contributed by atoms with Crippen molar-refractivity contribution in [2.75, 3.05) is 25.5 Å². The van der Waals surface area contributed by atoms with Crippen molar-refractivity contribution in [1.29, 1.82) is 0 Å². The average Bonchev–Trinajstić information content (AvgIpc) is 2.87. The molecule has 0 unspecified atom stereocenters. The fourth-order valence-corrected chi connectivity index (χ4v) is 2.36. The van der Waals surface area contributed by atoms with E-state index >= 15 is 0 Å². The van der Waals surface area contributed by atoms with Crippen LogP contribution in [0.4, 0.5) is 5.69 Å². The molecule has 0 radical (unpaired) electrons.